The fourth-order valence-corrected chi connectivity index (χ4v) is 3.04. The maximum Gasteiger partial charge on any atom is 0.119 e. The van der Waals surface area contributed by atoms with Crippen molar-refractivity contribution in [2.75, 3.05) is 26.3 Å². The number of benzene rings is 1. The van der Waals surface area contributed by atoms with E-state index in [0.717, 1.165) is 42.7 Å². The molecule has 1 aromatic carbocycles. The standard InChI is InChI=1S/C17H27NO3/c1-13-7-14(2)9-17(8-13)21-12-16(20)10-18-6-4-3-5-15(18)11-19/h7-9,15-16,19-20H,3-6,10-12H2,1-2H3/t15-,16?/m1/s1. The Kier molecular flexibility index (Phi) is 6.03. The Morgan fingerprint density at radius 1 is 1.24 bits per heavy atom. The average Bonchev–Trinajstić information content (AvgIpc) is 2.45. The van der Waals surface area contributed by atoms with Gasteiger partial charge in [-0.15, -0.1) is 0 Å². The molecule has 2 atom stereocenters. The zero-order valence-electron chi connectivity index (χ0n) is 13.1. The van der Waals surface area contributed by atoms with Crippen LogP contribution in [-0.2, 0) is 0 Å². The lowest BCUT2D eigenvalue weighted by atomic mass is 10.0. The highest BCUT2D eigenvalue weighted by atomic mass is 16.5. The van der Waals surface area contributed by atoms with Crippen molar-refractivity contribution in [3.8, 4) is 5.75 Å². The second kappa shape index (κ2) is 7.78. The molecule has 0 bridgehead atoms. The molecule has 0 aliphatic carbocycles. The second-order valence-electron chi connectivity index (χ2n) is 6.12. The van der Waals surface area contributed by atoms with Crippen molar-refractivity contribution in [2.45, 2.75) is 45.3 Å². The van der Waals surface area contributed by atoms with Crippen LogP contribution in [0, 0.1) is 13.8 Å². The van der Waals surface area contributed by atoms with E-state index in [0.29, 0.717) is 6.54 Å². The molecular formula is C17H27NO3. The second-order valence-corrected chi connectivity index (χ2v) is 6.12. The van der Waals surface area contributed by atoms with Gasteiger partial charge in [-0.05, 0) is 56.5 Å². The van der Waals surface area contributed by atoms with E-state index in [9.17, 15) is 10.2 Å². The number of nitrogens with zero attached hydrogens (tertiary/aromatic N) is 1. The molecule has 21 heavy (non-hydrogen) atoms. The smallest absolute Gasteiger partial charge is 0.119 e. The Morgan fingerprint density at radius 2 is 1.95 bits per heavy atom. The zero-order valence-corrected chi connectivity index (χ0v) is 13.1. The van der Waals surface area contributed by atoms with Crippen LogP contribution < -0.4 is 4.74 Å². The molecule has 1 unspecified atom stereocenters. The largest absolute Gasteiger partial charge is 0.491 e. The fourth-order valence-electron chi connectivity index (χ4n) is 3.04. The first-order chi connectivity index (χ1) is 10.1. The first-order valence-electron chi connectivity index (χ1n) is 7.82. The van der Waals surface area contributed by atoms with Gasteiger partial charge in [0, 0.05) is 12.6 Å². The van der Waals surface area contributed by atoms with Crippen molar-refractivity contribution in [3.05, 3.63) is 29.3 Å². The van der Waals surface area contributed by atoms with E-state index in [1.54, 1.807) is 0 Å². The summed E-state index contributed by atoms with van der Waals surface area (Å²) in [6.45, 7) is 6.05. The highest BCUT2D eigenvalue weighted by Gasteiger charge is 2.23. The van der Waals surface area contributed by atoms with E-state index in [2.05, 4.69) is 11.0 Å². The van der Waals surface area contributed by atoms with Crippen LogP contribution in [0.5, 0.6) is 5.75 Å². The number of hydrogen-bond acceptors (Lipinski definition) is 4. The molecule has 1 aromatic rings. The van der Waals surface area contributed by atoms with Gasteiger partial charge in [0.15, 0.2) is 0 Å². The SMILES string of the molecule is Cc1cc(C)cc(OCC(O)CN2CCCC[C@@H]2CO)c1. The van der Waals surface area contributed by atoms with Crippen molar-refractivity contribution < 1.29 is 14.9 Å². The van der Waals surface area contributed by atoms with E-state index in [1.165, 1.54) is 0 Å². The van der Waals surface area contributed by atoms with Gasteiger partial charge in [-0.3, -0.25) is 4.90 Å². The maximum absolute atomic E-state index is 10.2. The average molecular weight is 293 g/mol. The molecule has 1 aliphatic rings. The van der Waals surface area contributed by atoms with Crippen molar-refractivity contribution >= 4 is 0 Å². The van der Waals surface area contributed by atoms with E-state index in [4.69, 9.17) is 4.74 Å². The van der Waals surface area contributed by atoms with Crippen molar-refractivity contribution in [1.82, 2.24) is 4.90 Å². The topological polar surface area (TPSA) is 52.9 Å². The Hall–Kier alpha value is -1.10. The van der Waals surface area contributed by atoms with Crippen LogP contribution in [0.4, 0.5) is 0 Å². The third kappa shape index (κ3) is 4.99. The minimum Gasteiger partial charge on any atom is -0.491 e. The molecule has 1 aliphatic heterocycles. The van der Waals surface area contributed by atoms with Gasteiger partial charge in [0.2, 0.25) is 0 Å². The molecule has 0 aromatic heterocycles. The number of aryl methyl sites for hydroxylation is 2. The van der Waals surface area contributed by atoms with Crippen molar-refractivity contribution in [3.63, 3.8) is 0 Å². The number of piperidine rings is 1. The number of rotatable bonds is 6. The Bertz CT molecular complexity index is 429. The summed E-state index contributed by atoms with van der Waals surface area (Å²) in [7, 11) is 0. The molecule has 0 saturated carbocycles. The number of aliphatic hydroxyl groups is 2. The highest BCUT2D eigenvalue weighted by molar-refractivity contribution is 5.32. The third-order valence-corrected chi connectivity index (χ3v) is 4.04. The van der Waals surface area contributed by atoms with Gasteiger partial charge in [0.25, 0.3) is 0 Å². The first kappa shape index (κ1) is 16.3. The van der Waals surface area contributed by atoms with Crippen LogP contribution >= 0.6 is 0 Å². The van der Waals surface area contributed by atoms with Crippen LogP contribution in [0.25, 0.3) is 0 Å². The lowest BCUT2D eigenvalue weighted by Gasteiger charge is -2.35. The summed E-state index contributed by atoms with van der Waals surface area (Å²) in [5.41, 5.74) is 2.33. The Labute approximate surface area is 127 Å². The summed E-state index contributed by atoms with van der Waals surface area (Å²) >= 11 is 0. The minimum atomic E-state index is -0.530. The molecule has 0 spiro atoms. The fraction of sp³-hybridized carbons (Fsp3) is 0.647. The van der Waals surface area contributed by atoms with Gasteiger partial charge in [-0.25, -0.2) is 0 Å². The van der Waals surface area contributed by atoms with Crippen molar-refractivity contribution in [1.29, 1.82) is 0 Å². The van der Waals surface area contributed by atoms with Crippen LogP contribution in [-0.4, -0.2) is 53.6 Å². The number of likely N-dealkylation sites (tertiary alicyclic amines) is 1. The first-order valence-corrected chi connectivity index (χ1v) is 7.82. The van der Waals surface area contributed by atoms with Gasteiger partial charge in [-0.1, -0.05) is 12.5 Å². The lowest BCUT2D eigenvalue weighted by Crippen LogP contribution is -2.46. The monoisotopic (exact) mass is 293 g/mol. The number of β-amino-alcohol motifs (C(OH)–C–C–N with tert-alkyl or cyclic N) is 1. The molecule has 4 heteroatoms. The van der Waals surface area contributed by atoms with E-state index >= 15 is 0 Å². The summed E-state index contributed by atoms with van der Waals surface area (Å²) in [6, 6.07) is 6.26. The van der Waals surface area contributed by atoms with Crippen LogP contribution in [0.2, 0.25) is 0 Å². The predicted octanol–water partition coefficient (Wildman–Crippen LogP) is 1.89. The molecule has 118 valence electrons. The number of ether oxygens (including phenoxy) is 1. The number of hydrogen-bond donors (Lipinski definition) is 2. The third-order valence-electron chi connectivity index (χ3n) is 4.04. The van der Waals surface area contributed by atoms with E-state index in [-0.39, 0.29) is 19.3 Å². The van der Waals surface area contributed by atoms with Gasteiger partial charge < -0.3 is 14.9 Å². The Balaban J connectivity index is 1.82. The molecular weight excluding hydrogens is 266 g/mol. The molecule has 0 amide bonds. The minimum absolute atomic E-state index is 0.171. The summed E-state index contributed by atoms with van der Waals surface area (Å²) < 4.78 is 5.70. The molecule has 1 saturated heterocycles. The zero-order chi connectivity index (χ0) is 15.2. The van der Waals surface area contributed by atoms with Gasteiger partial charge in [0.1, 0.15) is 18.5 Å². The highest BCUT2D eigenvalue weighted by Crippen LogP contribution is 2.18. The molecule has 1 fully saturated rings. The van der Waals surface area contributed by atoms with Crippen LogP contribution in [0.1, 0.15) is 30.4 Å². The summed E-state index contributed by atoms with van der Waals surface area (Å²) in [5.74, 6) is 0.809. The van der Waals surface area contributed by atoms with Crippen LogP contribution in [0.15, 0.2) is 18.2 Å². The predicted molar refractivity (Wildman–Crippen MR) is 83.7 cm³/mol. The quantitative estimate of drug-likeness (QED) is 0.841. The molecule has 1 heterocycles. The van der Waals surface area contributed by atoms with Crippen LogP contribution in [0.3, 0.4) is 0 Å². The summed E-state index contributed by atoms with van der Waals surface area (Å²) in [4.78, 5) is 2.18. The van der Waals surface area contributed by atoms with Gasteiger partial charge >= 0.3 is 0 Å². The normalized spacial score (nSPS) is 21.2. The van der Waals surface area contributed by atoms with Gasteiger partial charge in [0.05, 0.1) is 6.61 Å². The van der Waals surface area contributed by atoms with Gasteiger partial charge in [-0.2, -0.15) is 0 Å². The lowest BCUT2D eigenvalue weighted by molar-refractivity contribution is 0.0232. The summed E-state index contributed by atoms with van der Waals surface area (Å²) in [6.07, 6.45) is 2.79. The van der Waals surface area contributed by atoms with Crippen molar-refractivity contribution in [2.24, 2.45) is 0 Å². The Morgan fingerprint density at radius 3 is 2.62 bits per heavy atom. The maximum atomic E-state index is 10.2. The molecule has 2 rings (SSSR count). The molecule has 0 radical (unpaired) electrons. The van der Waals surface area contributed by atoms with E-state index in [1.807, 2.05) is 26.0 Å². The molecule has 2 N–H and O–H groups in total. The summed E-state index contributed by atoms with van der Waals surface area (Å²) in [5, 5.41) is 19.6. The molecule has 4 nitrogen and oxygen atoms in total. The van der Waals surface area contributed by atoms with E-state index < -0.39 is 6.10 Å². The number of aliphatic hydroxyl groups excluding tert-OH is 2.